The van der Waals surface area contributed by atoms with Crippen molar-refractivity contribution in [2.75, 3.05) is 11.4 Å². The highest BCUT2D eigenvalue weighted by molar-refractivity contribution is 7.92. The van der Waals surface area contributed by atoms with Crippen LogP contribution >= 0.6 is 0 Å². The molecule has 0 aliphatic carbocycles. The topological polar surface area (TPSA) is 46.6 Å². The molecule has 2 aromatic carbocycles. The number of aryl methyl sites for hydroxylation is 1. The van der Waals surface area contributed by atoms with Gasteiger partial charge in [-0.3, -0.25) is 4.31 Å². The molecule has 0 spiro atoms. The molecule has 0 aromatic heterocycles. The van der Waals surface area contributed by atoms with E-state index >= 15 is 0 Å². The standard InChI is InChI=1S/C17H21NO3S/c1-13(2)18(15-8-6-5-7-9-15)22(19,20)16-10-11-17(21-4)14(3)12-16/h5-13H,1-4H3. The van der Waals surface area contributed by atoms with Crippen molar-refractivity contribution in [3.05, 3.63) is 54.1 Å². The van der Waals surface area contributed by atoms with Gasteiger partial charge in [0.25, 0.3) is 10.0 Å². The second kappa shape index (κ2) is 6.40. The lowest BCUT2D eigenvalue weighted by Gasteiger charge is -2.28. The maximum absolute atomic E-state index is 13.0. The van der Waals surface area contributed by atoms with Crippen molar-refractivity contribution in [1.82, 2.24) is 0 Å². The quantitative estimate of drug-likeness (QED) is 0.846. The van der Waals surface area contributed by atoms with E-state index in [2.05, 4.69) is 0 Å². The number of hydrogen-bond donors (Lipinski definition) is 0. The molecule has 0 N–H and O–H groups in total. The van der Waals surface area contributed by atoms with E-state index in [1.165, 1.54) is 4.31 Å². The Morgan fingerprint density at radius 3 is 2.18 bits per heavy atom. The molecule has 5 heteroatoms. The summed E-state index contributed by atoms with van der Waals surface area (Å²) in [6, 6.07) is 13.9. The fourth-order valence-electron chi connectivity index (χ4n) is 2.41. The molecule has 0 heterocycles. The number of methoxy groups -OCH3 is 1. The van der Waals surface area contributed by atoms with Crippen molar-refractivity contribution in [1.29, 1.82) is 0 Å². The first kappa shape index (κ1) is 16.4. The number of para-hydroxylation sites is 1. The smallest absolute Gasteiger partial charge is 0.264 e. The maximum atomic E-state index is 13.0. The van der Waals surface area contributed by atoms with Gasteiger partial charge in [-0.25, -0.2) is 8.42 Å². The van der Waals surface area contributed by atoms with Gasteiger partial charge in [0.15, 0.2) is 0 Å². The third-order valence-corrected chi connectivity index (χ3v) is 5.40. The molecule has 118 valence electrons. The molecule has 0 saturated carbocycles. The van der Waals surface area contributed by atoms with Gasteiger partial charge in [0.05, 0.1) is 17.7 Å². The van der Waals surface area contributed by atoms with Crippen LogP contribution in [0.1, 0.15) is 19.4 Å². The Morgan fingerprint density at radius 2 is 1.68 bits per heavy atom. The van der Waals surface area contributed by atoms with Gasteiger partial charge in [-0.15, -0.1) is 0 Å². The number of rotatable bonds is 5. The molecule has 22 heavy (non-hydrogen) atoms. The maximum Gasteiger partial charge on any atom is 0.264 e. The molecule has 0 atom stereocenters. The number of nitrogens with zero attached hydrogens (tertiary/aromatic N) is 1. The summed E-state index contributed by atoms with van der Waals surface area (Å²) in [7, 11) is -2.05. The van der Waals surface area contributed by atoms with Crippen molar-refractivity contribution in [3.8, 4) is 5.75 Å². The summed E-state index contributed by atoms with van der Waals surface area (Å²) in [6.45, 7) is 5.56. The lowest BCUT2D eigenvalue weighted by atomic mass is 10.2. The van der Waals surface area contributed by atoms with Crippen molar-refractivity contribution in [3.63, 3.8) is 0 Å². The van der Waals surface area contributed by atoms with Crippen LogP contribution in [0.25, 0.3) is 0 Å². The van der Waals surface area contributed by atoms with Crippen molar-refractivity contribution in [2.45, 2.75) is 31.7 Å². The molecule has 0 aliphatic rings. The van der Waals surface area contributed by atoms with E-state index in [0.717, 1.165) is 5.56 Å². The lowest BCUT2D eigenvalue weighted by Crippen LogP contribution is -2.37. The van der Waals surface area contributed by atoms with E-state index in [1.807, 2.05) is 39.0 Å². The fourth-order valence-corrected chi connectivity index (χ4v) is 4.16. The summed E-state index contributed by atoms with van der Waals surface area (Å²) in [6.07, 6.45) is 0. The Morgan fingerprint density at radius 1 is 1.05 bits per heavy atom. The van der Waals surface area contributed by atoms with Crippen LogP contribution in [0.4, 0.5) is 5.69 Å². The second-order valence-corrected chi connectivity index (χ2v) is 7.18. The van der Waals surface area contributed by atoms with E-state index in [4.69, 9.17) is 4.74 Å². The van der Waals surface area contributed by atoms with Crippen molar-refractivity contribution in [2.24, 2.45) is 0 Å². The molecule has 0 amide bonds. The molecule has 0 saturated heterocycles. The summed E-state index contributed by atoms with van der Waals surface area (Å²) in [4.78, 5) is 0.267. The molecule has 2 aromatic rings. The zero-order chi connectivity index (χ0) is 16.3. The highest BCUT2D eigenvalue weighted by Crippen LogP contribution is 2.28. The molecule has 0 fully saturated rings. The lowest BCUT2D eigenvalue weighted by molar-refractivity contribution is 0.411. The van der Waals surface area contributed by atoms with Gasteiger partial charge in [0, 0.05) is 6.04 Å². The van der Waals surface area contributed by atoms with Gasteiger partial charge in [-0.2, -0.15) is 0 Å². The first-order valence-electron chi connectivity index (χ1n) is 7.12. The normalized spacial score (nSPS) is 11.5. The molecule has 2 rings (SSSR count). The Kier molecular flexibility index (Phi) is 4.76. The molecule has 4 nitrogen and oxygen atoms in total. The van der Waals surface area contributed by atoms with Gasteiger partial charge in [0.1, 0.15) is 5.75 Å². The van der Waals surface area contributed by atoms with Crippen LogP contribution in [0.2, 0.25) is 0 Å². The zero-order valence-corrected chi connectivity index (χ0v) is 14.1. The minimum Gasteiger partial charge on any atom is -0.496 e. The van der Waals surface area contributed by atoms with Gasteiger partial charge < -0.3 is 4.74 Å². The van der Waals surface area contributed by atoms with E-state index in [9.17, 15) is 8.42 Å². The fraction of sp³-hybridized carbons (Fsp3) is 0.294. The number of sulfonamides is 1. The predicted octanol–water partition coefficient (Wildman–Crippen LogP) is 3.61. The first-order chi connectivity index (χ1) is 10.4. The average molecular weight is 319 g/mol. The van der Waals surface area contributed by atoms with Gasteiger partial charge >= 0.3 is 0 Å². The predicted molar refractivity (Wildman–Crippen MR) is 89.0 cm³/mol. The van der Waals surface area contributed by atoms with E-state index < -0.39 is 10.0 Å². The molecule has 0 unspecified atom stereocenters. The molecule has 0 radical (unpaired) electrons. The summed E-state index contributed by atoms with van der Waals surface area (Å²) in [5.74, 6) is 0.676. The first-order valence-corrected chi connectivity index (χ1v) is 8.56. The number of hydrogen-bond acceptors (Lipinski definition) is 3. The molecular formula is C17H21NO3S. The number of anilines is 1. The molecule has 0 bridgehead atoms. The molecule has 0 aliphatic heterocycles. The highest BCUT2D eigenvalue weighted by atomic mass is 32.2. The second-order valence-electron chi connectivity index (χ2n) is 5.36. The van der Waals surface area contributed by atoms with Crippen LogP contribution in [0.15, 0.2) is 53.4 Å². The van der Waals surface area contributed by atoms with Crippen molar-refractivity contribution >= 4 is 15.7 Å². The zero-order valence-electron chi connectivity index (χ0n) is 13.3. The monoisotopic (exact) mass is 319 g/mol. The number of ether oxygens (including phenoxy) is 1. The van der Waals surface area contributed by atoms with Gasteiger partial charge in [0.2, 0.25) is 0 Å². The highest BCUT2D eigenvalue weighted by Gasteiger charge is 2.27. The summed E-state index contributed by atoms with van der Waals surface area (Å²) >= 11 is 0. The van der Waals surface area contributed by atoms with Crippen LogP contribution in [0.5, 0.6) is 5.75 Å². The third-order valence-electron chi connectivity index (χ3n) is 3.40. The van der Waals surface area contributed by atoms with Crippen LogP contribution in [-0.4, -0.2) is 21.6 Å². The van der Waals surface area contributed by atoms with Crippen LogP contribution in [-0.2, 0) is 10.0 Å². The van der Waals surface area contributed by atoms with Crippen LogP contribution in [0.3, 0.4) is 0 Å². The minimum absolute atomic E-state index is 0.185. The minimum atomic E-state index is -3.62. The Balaban J connectivity index is 2.53. The Hall–Kier alpha value is -2.01. The summed E-state index contributed by atoms with van der Waals surface area (Å²) < 4.78 is 32.7. The SMILES string of the molecule is COc1ccc(S(=O)(=O)N(c2ccccc2)C(C)C)cc1C. The number of benzene rings is 2. The van der Waals surface area contributed by atoms with Crippen LogP contribution in [0, 0.1) is 6.92 Å². The molecular weight excluding hydrogens is 298 g/mol. The van der Waals surface area contributed by atoms with E-state index in [1.54, 1.807) is 37.4 Å². The van der Waals surface area contributed by atoms with E-state index in [-0.39, 0.29) is 10.9 Å². The third kappa shape index (κ3) is 3.09. The van der Waals surface area contributed by atoms with E-state index in [0.29, 0.717) is 11.4 Å². The van der Waals surface area contributed by atoms with Crippen molar-refractivity contribution < 1.29 is 13.2 Å². The summed E-state index contributed by atoms with van der Waals surface area (Å²) in [5.41, 5.74) is 1.45. The van der Waals surface area contributed by atoms with Gasteiger partial charge in [-0.1, -0.05) is 18.2 Å². The largest absolute Gasteiger partial charge is 0.496 e. The van der Waals surface area contributed by atoms with Gasteiger partial charge in [-0.05, 0) is 56.7 Å². The average Bonchev–Trinajstić information content (AvgIpc) is 2.47. The Bertz CT molecular complexity index is 740. The Labute approximate surface area is 132 Å². The summed E-state index contributed by atoms with van der Waals surface area (Å²) in [5, 5.41) is 0. The van der Waals surface area contributed by atoms with Crippen LogP contribution < -0.4 is 9.04 Å².